The summed E-state index contributed by atoms with van der Waals surface area (Å²) in [6, 6.07) is -0.545. The molecule has 0 unspecified atom stereocenters. The average Bonchev–Trinajstić information content (AvgIpc) is 2.97. The molecule has 0 spiro atoms. The number of carbonyl (C=O) groups is 1. The number of hydrogen-bond acceptors (Lipinski definition) is 3. The fraction of sp³-hybridized carbons (Fsp3) is 0.919. The molecular formula is C37H73NO3. The third kappa shape index (κ3) is 30.4. The van der Waals surface area contributed by atoms with Gasteiger partial charge in [-0.25, -0.2) is 0 Å². The van der Waals surface area contributed by atoms with Crippen molar-refractivity contribution in [3.05, 3.63) is 12.2 Å². The number of aliphatic hydroxyl groups excluding tert-OH is 2. The minimum atomic E-state index is -0.675. The van der Waals surface area contributed by atoms with Gasteiger partial charge in [-0.05, 0) is 38.5 Å². The predicted molar refractivity (Wildman–Crippen MR) is 179 cm³/mol. The normalized spacial score (nSPS) is 13.2. The van der Waals surface area contributed by atoms with E-state index in [4.69, 9.17) is 0 Å². The van der Waals surface area contributed by atoms with Crippen molar-refractivity contribution in [2.45, 2.75) is 212 Å². The van der Waals surface area contributed by atoms with E-state index in [0.717, 1.165) is 32.1 Å². The zero-order valence-electron chi connectivity index (χ0n) is 27.8. The molecule has 0 aliphatic carbocycles. The minimum Gasteiger partial charge on any atom is -0.394 e. The first-order chi connectivity index (χ1) is 20.2. The smallest absolute Gasteiger partial charge is 0.220 e. The molecule has 1 amide bonds. The van der Waals surface area contributed by atoms with Gasteiger partial charge < -0.3 is 15.5 Å². The molecule has 41 heavy (non-hydrogen) atoms. The van der Waals surface area contributed by atoms with Gasteiger partial charge in [0.25, 0.3) is 0 Å². The maximum atomic E-state index is 12.3. The summed E-state index contributed by atoms with van der Waals surface area (Å²) in [6.45, 7) is 4.34. The van der Waals surface area contributed by atoms with Crippen LogP contribution in [0.1, 0.15) is 200 Å². The number of rotatable bonds is 33. The molecule has 0 aliphatic heterocycles. The van der Waals surface area contributed by atoms with Crippen LogP contribution in [0.5, 0.6) is 0 Å². The average molecular weight is 580 g/mol. The van der Waals surface area contributed by atoms with Crippen molar-refractivity contribution >= 4 is 5.91 Å². The van der Waals surface area contributed by atoms with Gasteiger partial charge in [0.2, 0.25) is 5.91 Å². The Balaban J connectivity index is 3.57. The first-order valence-corrected chi connectivity index (χ1v) is 18.4. The van der Waals surface area contributed by atoms with Crippen molar-refractivity contribution in [2.75, 3.05) is 6.61 Å². The third-order valence-electron chi connectivity index (χ3n) is 8.53. The van der Waals surface area contributed by atoms with Crippen molar-refractivity contribution in [1.82, 2.24) is 5.32 Å². The van der Waals surface area contributed by atoms with Gasteiger partial charge in [0, 0.05) is 6.42 Å². The second-order valence-corrected chi connectivity index (χ2v) is 12.6. The van der Waals surface area contributed by atoms with E-state index in [1.165, 1.54) is 141 Å². The van der Waals surface area contributed by atoms with E-state index < -0.39 is 12.1 Å². The first-order valence-electron chi connectivity index (χ1n) is 18.4. The molecule has 0 bridgehead atoms. The van der Waals surface area contributed by atoms with Crippen molar-refractivity contribution in [3.63, 3.8) is 0 Å². The predicted octanol–water partition coefficient (Wildman–Crippen LogP) is 10.7. The maximum Gasteiger partial charge on any atom is 0.220 e. The maximum absolute atomic E-state index is 12.3. The molecule has 4 heteroatoms. The van der Waals surface area contributed by atoms with Crippen LogP contribution in [0.4, 0.5) is 0 Å². The first kappa shape index (κ1) is 40.1. The summed E-state index contributed by atoms with van der Waals surface area (Å²) in [5.74, 6) is -0.0400. The molecule has 0 heterocycles. The highest BCUT2D eigenvalue weighted by Crippen LogP contribution is 2.15. The van der Waals surface area contributed by atoms with Gasteiger partial charge in [0.1, 0.15) is 0 Å². The highest BCUT2D eigenvalue weighted by molar-refractivity contribution is 5.76. The molecule has 0 saturated heterocycles. The number of hydrogen-bond donors (Lipinski definition) is 3. The fourth-order valence-electron chi connectivity index (χ4n) is 5.65. The van der Waals surface area contributed by atoms with Crippen LogP contribution in [0, 0.1) is 0 Å². The topological polar surface area (TPSA) is 69.6 Å². The highest BCUT2D eigenvalue weighted by Gasteiger charge is 2.19. The van der Waals surface area contributed by atoms with Crippen LogP contribution in [0.3, 0.4) is 0 Å². The highest BCUT2D eigenvalue weighted by atomic mass is 16.3. The number of nitrogens with one attached hydrogen (secondary N) is 1. The van der Waals surface area contributed by atoms with Crippen LogP contribution in [-0.2, 0) is 4.79 Å². The van der Waals surface area contributed by atoms with E-state index >= 15 is 0 Å². The van der Waals surface area contributed by atoms with Gasteiger partial charge in [-0.15, -0.1) is 0 Å². The van der Waals surface area contributed by atoms with Gasteiger partial charge in [-0.2, -0.15) is 0 Å². The van der Waals surface area contributed by atoms with E-state index in [1.807, 2.05) is 0 Å². The van der Waals surface area contributed by atoms with E-state index in [0.29, 0.717) is 12.8 Å². The number of aliphatic hydroxyl groups is 2. The van der Waals surface area contributed by atoms with Crippen molar-refractivity contribution in [3.8, 4) is 0 Å². The molecule has 0 aliphatic rings. The summed E-state index contributed by atoms with van der Waals surface area (Å²) in [5.41, 5.74) is 0. The largest absolute Gasteiger partial charge is 0.394 e. The Labute approximate surface area is 256 Å². The minimum absolute atomic E-state index is 0.0400. The molecule has 0 aromatic carbocycles. The van der Waals surface area contributed by atoms with Gasteiger partial charge in [0.05, 0.1) is 18.8 Å². The van der Waals surface area contributed by atoms with Crippen LogP contribution in [0.2, 0.25) is 0 Å². The van der Waals surface area contributed by atoms with Gasteiger partial charge in [-0.1, -0.05) is 167 Å². The second kappa shape index (κ2) is 33.6. The standard InChI is InChI=1S/C37H73NO3/c1-3-5-7-9-11-13-15-17-18-19-21-23-25-27-29-31-33-37(41)38-35(34-39)36(40)32-30-28-26-24-22-20-16-14-12-10-8-6-4-2/h22,24,35-36,39-40H,3-21,23,25-34H2,1-2H3,(H,38,41)/b24-22+/t35-,36+/m0/s1. The van der Waals surface area contributed by atoms with Gasteiger partial charge >= 0.3 is 0 Å². The lowest BCUT2D eigenvalue weighted by molar-refractivity contribution is -0.123. The van der Waals surface area contributed by atoms with Crippen LogP contribution in [0.15, 0.2) is 12.2 Å². The summed E-state index contributed by atoms with van der Waals surface area (Å²) in [4.78, 5) is 12.3. The Bertz CT molecular complexity index is 550. The molecule has 0 saturated carbocycles. The van der Waals surface area contributed by atoms with Crippen molar-refractivity contribution in [1.29, 1.82) is 0 Å². The molecule has 0 aromatic rings. The van der Waals surface area contributed by atoms with E-state index in [1.54, 1.807) is 0 Å². The van der Waals surface area contributed by atoms with Gasteiger partial charge in [0.15, 0.2) is 0 Å². The fourth-order valence-corrected chi connectivity index (χ4v) is 5.65. The third-order valence-corrected chi connectivity index (χ3v) is 8.53. The van der Waals surface area contributed by atoms with Crippen LogP contribution in [0.25, 0.3) is 0 Å². The second-order valence-electron chi connectivity index (χ2n) is 12.6. The van der Waals surface area contributed by atoms with Gasteiger partial charge in [-0.3, -0.25) is 4.79 Å². The molecule has 0 rings (SSSR count). The SMILES string of the molecule is CCCCCCCCC/C=C/CCCC[C@@H](O)[C@H](CO)NC(=O)CCCCCCCCCCCCCCCCCC. The van der Waals surface area contributed by atoms with Crippen LogP contribution < -0.4 is 5.32 Å². The Morgan fingerprint density at radius 2 is 0.927 bits per heavy atom. The Morgan fingerprint density at radius 3 is 1.34 bits per heavy atom. The molecule has 0 radical (unpaired) electrons. The molecule has 2 atom stereocenters. The Kier molecular flexibility index (Phi) is 32.9. The van der Waals surface area contributed by atoms with Crippen molar-refractivity contribution in [2.24, 2.45) is 0 Å². The Morgan fingerprint density at radius 1 is 0.561 bits per heavy atom. The van der Waals surface area contributed by atoms with Crippen molar-refractivity contribution < 1.29 is 15.0 Å². The number of amides is 1. The lowest BCUT2D eigenvalue weighted by Crippen LogP contribution is -2.45. The lowest BCUT2D eigenvalue weighted by atomic mass is 10.0. The monoisotopic (exact) mass is 580 g/mol. The summed E-state index contributed by atoms with van der Waals surface area (Å²) in [5, 5.41) is 23.0. The molecule has 4 nitrogen and oxygen atoms in total. The zero-order chi connectivity index (χ0) is 30.1. The summed E-state index contributed by atoms with van der Waals surface area (Å²) in [6.07, 6.45) is 39.8. The zero-order valence-corrected chi connectivity index (χ0v) is 27.8. The quantitative estimate of drug-likeness (QED) is 0.0535. The van der Waals surface area contributed by atoms with E-state index in [-0.39, 0.29) is 12.5 Å². The molecule has 0 aromatic heterocycles. The molecular weight excluding hydrogens is 506 g/mol. The van der Waals surface area contributed by atoms with Crippen LogP contribution >= 0.6 is 0 Å². The number of unbranched alkanes of at least 4 members (excludes halogenated alkanes) is 24. The number of carbonyl (C=O) groups excluding carboxylic acids is 1. The summed E-state index contributed by atoms with van der Waals surface area (Å²) < 4.78 is 0. The van der Waals surface area contributed by atoms with E-state index in [2.05, 4.69) is 31.3 Å². The molecule has 244 valence electrons. The molecule has 0 fully saturated rings. The lowest BCUT2D eigenvalue weighted by Gasteiger charge is -2.22. The summed E-state index contributed by atoms with van der Waals surface area (Å²) >= 11 is 0. The van der Waals surface area contributed by atoms with E-state index in [9.17, 15) is 15.0 Å². The summed E-state index contributed by atoms with van der Waals surface area (Å²) in [7, 11) is 0. The molecule has 3 N–H and O–H groups in total. The Hall–Kier alpha value is -0.870. The number of allylic oxidation sites excluding steroid dienone is 2. The van der Waals surface area contributed by atoms with Crippen LogP contribution in [-0.4, -0.2) is 34.9 Å².